The molecule has 0 atom stereocenters. The molecule has 0 saturated carbocycles. The summed E-state index contributed by atoms with van der Waals surface area (Å²) in [5.74, 6) is 0.810. The number of ether oxygens (including phenoxy) is 1. The van der Waals surface area contributed by atoms with Gasteiger partial charge in [-0.3, -0.25) is 0 Å². The molecule has 0 N–H and O–H groups in total. The minimum atomic E-state index is 0.630. The van der Waals surface area contributed by atoms with Crippen LogP contribution in [0.15, 0.2) is 27.1 Å². The minimum absolute atomic E-state index is 0.630. The molecular formula is C12H11Br2NO. The maximum absolute atomic E-state index is 5.63. The number of aryl methyl sites for hydroxylation is 1. The molecule has 0 radical (unpaired) electrons. The zero-order chi connectivity index (χ0) is 11.7. The summed E-state index contributed by atoms with van der Waals surface area (Å²) in [7, 11) is 0. The first kappa shape index (κ1) is 11.9. The lowest BCUT2D eigenvalue weighted by molar-refractivity contribution is 0.341. The highest BCUT2D eigenvalue weighted by atomic mass is 79.9. The van der Waals surface area contributed by atoms with Crippen molar-refractivity contribution in [1.82, 2.24) is 4.98 Å². The van der Waals surface area contributed by atoms with Crippen LogP contribution in [0.2, 0.25) is 0 Å². The maximum Gasteiger partial charge on any atom is 0.159 e. The van der Waals surface area contributed by atoms with E-state index in [0.717, 1.165) is 31.3 Å². The highest BCUT2D eigenvalue weighted by Gasteiger charge is 2.11. The number of aromatic nitrogens is 1. The van der Waals surface area contributed by atoms with Gasteiger partial charge in [-0.25, -0.2) is 4.98 Å². The van der Waals surface area contributed by atoms with Crippen LogP contribution in [-0.2, 0) is 0 Å². The van der Waals surface area contributed by atoms with Gasteiger partial charge in [-0.15, -0.1) is 0 Å². The summed E-state index contributed by atoms with van der Waals surface area (Å²) in [5, 5.41) is 1.07. The Morgan fingerprint density at radius 1 is 1.25 bits per heavy atom. The summed E-state index contributed by atoms with van der Waals surface area (Å²) in [5.41, 5.74) is 1.88. The Bertz CT molecular complexity index is 540. The van der Waals surface area contributed by atoms with Gasteiger partial charge in [-0.2, -0.15) is 0 Å². The zero-order valence-corrected chi connectivity index (χ0v) is 12.2. The largest absolute Gasteiger partial charge is 0.490 e. The number of rotatable bonds is 2. The number of hydrogen-bond donors (Lipinski definition) is 0. The van der Waals surface area contributed by atoms with Crippen molar-refractivity contribution in [3.63, 3.8) is 0 Å². The van der Waals surface area contributed by atoms with E-state index in [1.54, 1.807) is 0 Å². The second kappa shape index (κ2) is 4.72. The van der Waals surface area contributed by atoms with Gasteiger partial charge in [0.15, 0.2) is 5.75 Å². The van der Waals surface area contributed by atoms with Gasteiger partial charge in [-0.1, -0.05) is 15.9 Å². The Labute approximate surface area is 111 Å². The van der Waals surface area contributed by atoms with Crippen LogP contribution in [0, 0.1) is 6.92 Å². The van der Waals surface area contributed by atoms with Crippen LogP contribution in [0.25, 0.3) is 10.9 Å². The number of fused-ring (bicyclic) bond motifs is 1. The van der Waals surface area contributed by atoms with Gasteiger partial charge < -0.3 is 4.74 Å². The molecule has 0 bridgehead atoms. The third kappa shape index (κ3) is 2.09. The highest BCUT2D eigenvalue weighted by Crippen LogP contribution is 2.37. The van der Waals surface area contributed by atoms with Gasteiger partial charge in [0.25, 0.3) is 0 Å². The van der Waals surface area contributed by atoms with E-state index in [4.69, 9.17) is 4.74 Å². The van der Waals surface area contributed by atoms with E-state index < -0.39 is 0 Å². The predicted molar refractivity (Wildman–Crippen MR) is 73.0 cm³/mol. The van der Waals surface area contributed by atoms with Gasteiger partial charge in [0, 0.05) is 15.6 Å². The van der Waals surface area contributed by atoms with Crippen LogP contribution < -0.4 is 4.74 Å². The van der Waals surface area contributed by atoms with Crippen molar-refractivity contribution in [1.29, 1.82) is 0 Å². The Balaban J connectivity index is 2.80. The normalized spacial score (nSPS) is 10.8. The van der Waals surface area contributed by atoms with Crippen molar-refractivity contribution < 1.29 is 4.74 Å². The number of nitrogens with zero attached hydrogens (tertiary/aromatic N) is 1. The molecule has 1 aromatic carbocycles. The van der Waals surface area contributed by atoms with Crippen LogP contribution in [0.4, 0.5) is 0 Å². The van der Waals surface area contributed by atoms with Crippen molar-refractivity contribution >= 4 is 42.8 Å². The molecule has 2 nitrogen and oxygen atoms in total. The molecule has 84 valence electrons. The molecule has 0 amide bonds. The molecule has 0 fully saturated rings. The van der Waals surface area contributed by atoms with E-state index in [9.17, 15) is 0 Å². The molecule has 16 heavy (non-hydrogen) atoms. The third-order valence-electron chi connectivity index (χ3n) is 2.27. The molecule has 0 unspecified atom stereocenters. The highest BCUT2D eigenvalue weighted by molar-refractivity contribution is 9.11. The summed E-state index contributed by atoms with van der Waals surface area (Å²) >= 11 is 7.03. The van der Waals surface area contributed by atoms with E-state index in [-0.39, 0.29) is 0 Å². The van der Waals surface area contributed by atoms with E-state index in [1.165, 1.54) is 0 Å². The molecular weight excluding hydrogens is 334 g/mol. The Kier molecular flexibility index (Phi) is 3.50. The fourth-order valence-electron chi connectivity index (χ4n) is 1.57. The minimum Gasteiger partial charge on any atom is -0.490 e. The standard InChI is InChI=1S/C12H11Br2NO/c1-3-16-12-10(14)6-9(13)8-5-4-7(2)15-11(8)12/h4-6H,3H2,1-2H3. The van der Waals surface area contributed by atoms with Crippen molar-refractivity contribution in [2.45, 2.75) is 13.8 Å². The molecule has 0 aliphatic carbocycles. The molecule has 1 heterocycles. The first-order valence-corrected chi connectivity index (χ1v) is 6.60. The number of hydrogen-bond acceptors (Lipinski definition) is 2. The Morgan fingerprint density at radius 2 is 2.00 bits per heavy atom. The lowest BCUT2D eigenvalue weighted by Gasteiger charge is -2.11. The van der Waals surface area contributed by atoms with Gasteiger partial charge in [0.2, 0.25) is 0 Å². The summed E-state index contributed by atoms with van der Waals surface area (Å²) in [6.45, 7) is 4.57. The van der Waals surface area contributed by atoms with E-state index >= 15 is 0 Å². The van der Waals surface area contributed by atoms with Crippen LogP contribution in [0.3, 0.4) is 0 Å². The van der Waals surface area contributed by atoms with Crippen molar-refractivity contribution in [3.05, 3.63) is 32.8 Å². The average Bonchev–Trinajstić information content (AvgIpc) is 2.23. The van der Waals surface area contributed by atoms with Gasteiger partial charge >= 0.3 is 0 Å². The zero-order valence-electron chi connectivity index (χ0n) is 9.05. The molecule has 0 spiro atoms. The monoisotopic (exact) mass is 343 g/mol. The van der Waals surface area contributed by atoms with Gasteiger partial charge in [-0.05, 0) is 48.0 Å². The van der Waals surface area contributed by atoms with E-state index in [1.807, 2.05) is 26.0 Å². The number of pyridine rings is 1. The van der Waals surface area contributed by atoms with Gasteiger partial charge in [0.1, 0.15) is 5.52 Å². The van der Waals surface area contributed by atoms with Crippen LogP contribution >= 0.6 is 31.9 Å². The smallest absolute Gasteiger partial charge is 0.159 e. The average molecular weight is 345 g/mol. The predicted octanol–water partition coefficient (Wildman–Crippen LogP) is 4.47. The molecule has 0 aliphatic rings. The van der Waals surface area contributed by atoms with Crippen molar-refractivity contribution in [3.8, 4) is 5.75 Å². The fourth-order valence-corrected chi connectivity index (χ4v) is 2.96. The first-order chi connectivity index (χ1) is 7.63. The number of halogens is 2. The molecule has 4 heteroatoms. The lowest BCUT2D eigenvalue weighted by atomic mass is 10.2. The summed E-state index contributed by atoms with van der Waals surface area (Å²) in [4.78, 5) is 4.53. The molecule has 2 aromatic rings. The topological polar surface area (TPSA) is 22.1 Å². The number of benzene rings is 1. The molecule has 2 rings (SSSR count). The van der Waals surface area contributed by atoms with Crippen molar-refractivity contribution in [2.75, 3.05) is 6.61 Å². The Morgan fingerprint density at radius 3 is 2.69 bits per heavy atom. The summed E-state index contributed by atoms with van der Waals surface area (Å²) in [6.07, 6.45) is 0. The van der Waals surface area contributed by atoms with E-state index in [2.05, 4.69) is 42.9 Å². The van der Waals surface area contributed by atoms with Crippen molar-refractivity contribution in [2.24, 2.45) is 0 Å². The molecule has 0 saturated heterocycles. The quantitative estimate of drug-likeness (QED) is 0.802. The van der Waals surface area contributed by atoms with Crippen LogP contribution in [-0.4, -0.2) is 11.6 Å². The SMILES string of the molecule is CCOc1c(Br)cc(Br)c2ccc(C)nc12. The van der Waals surface area contributed by atoms with E-state index in [0.29, 0.717) is 6.61 Å². The first-order valence-electron chi connectivity index (χ1n) is 5.01. The fraction of sp³-hybridized carbons (Fsp3) is 0.250. The summed E-state index contributed by atoms with van der Waals surface area (Å²) in [6, 6.07) is 6.04. The van der Waals surface area contributed by atoms with Crippen LogP contribution in [0.5, 0.6) is 5.75 Å². The molecule has 1 aromatic heterocycles. The summed E-state index contributed by atoms with van der Waals surface area (Å²) < 4.78 is 7.57. The van der Waals surface area contributed by atoms with Gasteiger partial charge in [0.05, 0.1) is 11.1 Å². The lowest BCUT2D eigenvalue weighted by Crippen LogP contribution is -1.96. The third-order valence-corrected chi connectivity index (χ3v) is 3.51. The second-order valence-electron chi connectivity index (χ2n) is 3.45. The second-order valence-corrected chi connectivity index (χ2v) is 5.16. The molecule has 0 aliphatic heterocycles. The maximum atomic E-state index is 5.63. The van der Waals surface area contributed by atoms with Crippen LogP contribution in [0.1, 0.15) is 12.6 Å². The Hall–Kier alpha value is -0.610.